The van der Waals surface area contributed by atoms with Crippen LogP contribution >= 0.6 is 7.14 Å². The number of benzene rings is 4. The number of rotatable bonds is 3. The summed E-state index contributed by atoms with van der Waals surface area (Å²) in [7, 11) is -3.06. The Morgan fingerprint density at radius 3 is 1.86 bits per heavy atom. The molecule has 1 aliphatic heterocycles. The fourth-order valence-electron chi connectivity index (χ4n) is 4.18. The minimum absolute atomic E-state index is 0.298. The van der Waals surface area contributed by atoms with Gasteiger partial charge >= 0.3 is 0 Å². The molecule has 0 amide bonds. The van der Waals surface area contributed by atoms with Gasteiger partial charge in [-0.15, -0.1) is 0 Å². The average Bonchev–Trinajstić information content (AvgIpc) is 2.78. The van der Waals surface area contributed by atoms with Crippen LogP contribution in [0.1, 0.15) is 22.3 Å². The highest BCUT2D eigenvalue weighted by molar-refractivity contribution is 7.79. The SMILES string of the molecule is Cc1ccc2c(c1)Oc1ccccc1C2P(=O)(c1ccccc1)c1ccccc1. The highest BCUT2D eigenvalue weighted by Crippen LogP contribution is 2.64. The van der Waals surface area contributed by atoms with Gasteiger partial charge in [-0.3, -0.25) is 0 Å². The molecule has 0 spiro atoms. The minimum atomic E-state index is -3.06. The van der Waals surface area contributed by atoms with Crippen molar-refractivity contribution < 1.29 is 9.30 Å². The molecule has 0 radical (unpaired) electrons. The fourth-order valence-corrected chi connectivity index (χ4v) is 7.51. The summed E-state index contributed by atoms with van der Waals surface area (Å²) in [5, 5.41) is 1.72. The van der Waals surface area contributed by atoms with Gasteiger partial charge in [-0.1, -0.05) is 91.0 Å². The van der Waals surface area contributed by atoms with Crippen LogP contribution in [0.5, 0.6) is 11.5 Å². The third-order valence-corrected chi connectivity index (χ3v) is 8.95. The number of ether oxygens (including phenoxy) is 1. The zero-order valence-corrected chi connectivity index (χ0v) is 17.1. The maximum Gasteiger partial charge on any atom is 0.154 e. The van der Waals surface area contributed by atoms with E-state index in [-0.39, 0.29) is 5.66 Å². The molecule has 1 atom stereocenters. The molecule has 0 fully saturated rings. The summed E-state index contributed by atoms with van der Waals surface area (Å²) in [5.74, 6) is 1.57. The van der Waals surface area contributed by atoms with E-state index in [0.29, 0.717) is 0 Å². The number of fused-ring (bicyclic) bond motifs is 2. The Hall–Kier alpha value is -3.09. The van der Waals surface area contributed by atoms with E-state index in [2.05, 4.69) is 12.1 Å². The monoisotopic (exact) mass is 396 g/mol. The smallest absolute Gasteiger partial charge is 0.154 e. The summed E-state index contributed by atoms with van der Waals surface area (Å²) in [6.07, 6.45) is 0. The molecule has 4 aromatic carbocycles. The second-order valence-electron chi connectivity index (χ2n) is 7.41. The Morgan fingerprint density at radius 2 is 1.21 bits per heavy atom. The second kappa shape index (κ2) is 7.06. The third kappa shape index (κ3) is 2.92. The van der Waals surface area contributed by atoms with Crippen LogP contribution in [0.4, 0.5) is 0 Å². The summed E-state index contributed by atoms with van der Waals surface area (Å²) in [4.78, 5) is 0. The first-order valence-electron chi connectivity index (χ1n) is 9.76. The Bertz CT molecular complexity index is 1170. The van der Waals surface area contributed by atoms with E-state index in [1.807, 2.05) is 97.9 Å². The van der Waals surface area contributed by atoms with Gasteiger partial charge in [0.15, 0.2) is 7.14 Å². The van der Waals surface area contributed by atoms with Gasteiger partial charge < -0.3 is 9.30 Å². The Morgan fingerprint density at radius 1 is 0.655 bits per heavy atom. The van der Waals surface area contributed by atoms with E-state index in [9.17, 15) is 0 Å². The number of para-hydroxylation sites is 1. The van der Waals surface area contributed by atoms with Crippen molar-refractivity contribution in [2.24, 2.45) is 0 Å². The number of aryl methyl sites for hydroxylation is 1. The summed E-state index contributed by atoms with van der Waals surface area (Å²) < 4.78 is 21.4. The number of hydrogen-bond donors (Lipinski definition) is 0. The average molecular weight is 396 g/mol. The van der Waals surface area contributed by atoms with Crippen molar-refractivity contribution in [1.29, 1.82) is 0 Å². The lowest BCUT2D eigenvalue weighted by atomic mass is 9.98. The molecular formula is C26H21O2P. The van der Waals surface area contributed by atoms with Crippen LogP contribution in [0.2, 0.25) is 0 Å². The molecule has 29 heavy (non-hydrogen) atoms. The number of hydrogen-bond acceptors (Lipinski definition) is 2. The Kier molecular flexibility index (Phi) is 4.38. The van der Waals surface area contributed by atoms with Crippen LogP contribution < -0.4 is 15.3 Å². The summed E-state index contributed by atoms with van der Waals surface area (Å²) >= 11 is 0. The summed E-state index contributed by atoms with van der Waals surface area (Å²) in [6, 6.07) is 33.9. The van der Waals surface area contributed by atoms with Gasteiger partial charge in [0, 0.05) is 21.7 Å². The molecule has 3 heteroatoms. The lowest BCUT2D eigenvalue weighted by Crippen LogP contribution is -2.24. The molecule has 0 saturated carbocycles. The predicted octanol–water partition coefficient (Wildman–Crippen LogP) is 6.20. The van der Waals surface area contributed by atoms with Crippen LogP contribution in [0.3, 0.4) is 0 Å². The highest BCUT2D eigenvalue weighted by Gasteiger charge is 2.43. The van der Waals surface area contributed by atoms with E-state index < -0.39 is 7.14 Å². The standard InChI is InChI=1S/C26H21O2P/c1-19-16-17-23-25(18-19)28-24-15-9-8-14-22(24)26(23)29(27,20-10-4-2-5-11-20)21-12-6-3-7-13-21/h2-18,26H,1H3. The molecule has 4 aromatic rings. The topological polar surface area (TPSA) is 26.3 Å². The summed E-state index contributed by atoms with van der Waals surface area (Å²) in [6.45, 7) is 2.05. The van der Waals surface area contributed by atoms with E-state index >= 15 is 4.57 Å². The van der Waals surface area contributed by atoms with Gasteiger partial charge in [-0.25, -0.2) is 0 Å². The van der Waals surface area contributed by atoms with E-state index in [4.69, 9.17) is 4.74 Å². The van der Waals surface area contributed by atoms with Crippen molar-refractivity contribution in [2.75, 3.05) is 0 Å². The van der Waals surface area contributed by atoms with Crippen LogP contribution in [0.25, 0.3) is 0 Å². The molecule has 2 nitrogen and oxygen atoms in total. The molecule has 1 heterocycles. The Labute approximate surface area is 171 Å². The van der Waals surface area contributed by atoms with Crippen LogP contribution in [0, 0.1) is 6.92 Å². The second-order valence-corrected chi connectivity index (χ2v) is 10.3. The zero-order valence-electron chi connectivity index (χ0n) is 16.2. The van der Waals surface area contributed by atoms with Crippen molar-refractivity contribution >= 4 is 17.8 Å². The predicted molar refractivity (Wildman–Crippen MR) is 119 cm³/mol. The molecule has 0 N–H and O–H groups in total. The molecule has 142 valence electrons. The lowest BCUT2D eigenvalue weighted by molar-refractivity contribution is 0.455. The van der Waals surface area contributed by atoms with Gasteiger partial charge in [0.2, 0.25) is 0 Å². The van der Waals surface area contributed by atoms with Gasteiger partial charge in [0.05, 0.1) is 5.66 Å². The largest absolute Gasteiger partial charge is 0.457 e. The van der Waals surface area contributed by atoms with Gasteiger partial charge in [0.1, 0.15) is 11.5 Å². The van der Waals surface area contributed by atoms with Crippen molar-refractivity contribution in [3.63, 3.8) is 0 Å². The molecule has 5 rings (SSSR count). The van der Waals surface area contributed by atoms with Crippen LogP contribution in [0.15, 0.2) is 103 Å². The Balaban J connectivity index is 1.85. The van der Waals surface area contributed by atoms with Crippen molar-refractivity contribution in [3.05, 3.63) is 120 Å². The zero-order chi connectivity index (χ0) is 19.8. The molecular weight excluding hydrogens is 375 g/mol. The summed E-state index contributed by atoms with van der Waals surface area (Å²) in [5.41, 5.74) is 2.77. The first-order chi connectivity index (χ1) is 14.2. The van der Waals surface area contributed by atoms with Crippen molar-refractivity contribution in [1.82, 2.24) is 0 Å². The minimum Gasteiger partial charge on any atom is -0.457 e. The quantitative estimate of drug-likeness (QED) is 0.385. The maximum atomic E-state index is 15.1. The molecule has 1 aliphatic rings. The first kappa shape index (κ1) is 18.0. The molecule has 0 aliphatic carbocycles. The lowest BCUT2D eigenvalue weighted by Gasteiger charge is -2.34. The highest BCUT2D eigenvalue weighted by atomic mass is 31.2. The van der Waals surface area contributed by atoms with Gasteiger partial charge in [0.25, 0.3) is 0 Å². The molecule has 0 bridgehead atoms. The van der Waals surface area contributed by atoms with Crippen molar-refractivity contribution in [3.8, 4) is 11.5 Å². The van der Waals surface area contributed by atoms with Crippen LogP contribution in [-0.4, -0.2) is 0 Å². The molecule has 1 unspecified atom stereocenters. The van der Waals surface area contributed by atoms with Crippen LogP contribution in [-0.2, 0) is 4.57 Å². The fraction of sp³-hybridized carbons (Fsp3) is 0.0769. The first-order valence-corrected chi connectivity index (χ1v) is 11.5. The van der Waals surface area contributed by atoms with E-state index in [0.717, 1.165) is 38.8 Å². The normalized spacial score (nSPS) is 15.1. The maximum absolute atomic E-state index is 15.1. The molecule has 0 saturated heterocycles. The third-order valence-electron chi connectivity index (χ3n) is 5.54. The van der Waals surface area contributed by atoms with E-state index in [1.54, 1.807) is 0 Å². The molecule has 0 aromatic heterocycles. The van der Waals surface area contributed by atoms with Crippen molar-refractivity contribution in [2.45, 2.75) is 12.6 Å². The van der Waals surface area contributed by atoms with E-state index in [1.165, 1.54) is 0 Å². The van der Waals surface area contributed by atoms with Gasteiger partial charge in [-0.2, -0.15) is 0 Å². The van der Waals surface area contributed by atoms with Gasteiger partial charge in [-0.05, 0) is 24.6 Å².